The van der Waals surface area contributed by atoms with Crippen LogP contribution in [0.2, 0.25) is 0 Å². The Morgan fingerprint density at radius 1 is 1.26 bits per heavy atom. The summed E-state index contributed by atoms with van der Waals surface area (Å²) in [6.45, 7) is 3.52. The van der Waals surface area contributed by atoms with E-state index >= 15 is 0 Å². The third kappa shape index (κ3) is 4.55. The van der Waals surface area contributed by atoms with E-state index in [1.807, 2.05) is 18.2 Å². The molecule has 1 aliphatic carbocycles. The van der Waals surface area contributed by atoms with Gasteiger partial charge in [-0.25, -0.2) is 4.99 Å². The second-order valence-corrected chi connectivity index (χ2v) is 6.58. The third-order valence-electron chi connectivity index (χ3n) is 3.88. The van der Waals surface area contributed by atoms with E-state index in [1.165, 1.54) is 5.56 Å². The molecule has 4 nitrogen and oxygen atoms in total. The van der Waals surface area contributed by atoms with Gasteiger partial charge >= 0.3 is 0 Å². The Labute approximate surface area is 145 Å². The Morgan fingerprint density at radius 2 is 2.09 bits per heavy atom. The van der Waals surface area contributed by atoms with E-state index in [0.717, 1.165) is 29.1 Å². The van der Waals surface area contributed by atoms with Crippen molar-refractivity contribution in [2.75, 3.05) is 6.54 Å². The van der Waals surface area contributed by atoms with E-state index in [1.54, 1.807) is 6.20 Å². The number of rotatable bonds is 5. The summed E-state index contributed by atoms with van der Waals surface area (Å²) in [5.41, 5.74) is 2.36. The van der Waals surface area contributed by atoms with Crippen LogP contribution in [0, 0.1) is 0 Å². The van der Waals surface area contributed by atoms with Gasteiger partial charge < -0.3 is 10.6 Å². The summed E-state index contributed by atoms with van der Waals surface area (Å²) in [4.78, 5) is 8.94. The lowest BCUT2D eigenvalue weighted by atomic mass is 10.1. The fraction of sp³-hybridized carbons (Fsp3) is 0.333. The maximum atomic E-state index is 4.63. The number of pyridine rings is 1. The van der Waals surface area contributed by atoms with Crippen LogP contribution < -0.4 is 10.6 Å². The quantitative estimate of drug-likeness (QED) is 0.624. The van der Waals surface area contributed by atoms with Crippen LogP contribution in [0.25, 0.3) is 0 Å². The minimum absolute atomic E-state index is 0.456. The molecule has 120 valence electrons. The first-order valence-electron chi connectivity index (χ1n) is 7.96. The summed E-state index contributed by atoms with van der Waals surface area (Å²) < 4.78 is 1.12. The normalized spacial score (nSPS) is 20.2. The lowest BCUT2D eigenvalue weighted by Gasteiger charge is -2.11. The van der Waals surface area contributed by atoms with Gasteiger partial charge in [-0.15, -0.1) is 0 Å². The molecule has 1 aromatic heterocycles. The Balaban J connectivity index is 1.59. The second-order valence-electron chi connectivity index (χ2n) is 5.66. The zero-order valence-corrected chi connectivity index (χ0v) is 14.8. The largest absolute Gasteiger partial charge is 0.357 e. The summed E-state index contributed by atoms with van der Waals surface area (Å²) in [5.74, 6) is 1.43. The molecule has 2 unspecified atom stereocenters. The van der Waals surface area contributed by atoms with Gasteiger partial charge in [0, 0.05) is 29.2 Å². The van der Waals surface area contributed by atoms with Gasteiger partial charge in [-0.3, -0.25) is 4.98 Å². The number of guanidine groups is 1. The Kier molecular flexibility index (Phi) is 5.28. The highest BCUT2D eigenvalue weighted by atomic mass is 79.9. The van der Waals surface area contributed by atoms with Gasteiger partial charge in [0.15, 0.2) is 5.96 Å². The van der Waals surface area contributed by atoms with E-state index in [0.29, 0.717) is 18.5 Å². The lowest BCUT2D eigenvalue weighted by molar-refractivity contribution is 0.792. The highest BCUT2D eigenvalue weighted by Gasteiger charge is 2.38. The van der Waals surface area contributed by atoms with Crippen molar-refractivity contribution in [2.24, 2.45) is 4.99 Å². The van der Waals surface area contributed by atoms with Crippen molar-refractivity contribution < 1.29 is 0 Å². The molecule has 0 spiro atoms. The zero-order valence-electron chi connectivity index (χ0n) is 13.2. The number of hydrogen-bond acceptors (Lipinski definition) is 2. The predicted molar refractivity (Wildman–Crippen MR) is 97.5 cm³/mol. The number of benzene rings is 1. The van der Waals surface area contributed by atoms with Crippen molar-refractivity contribution in [3.8, 4) is 0 Å². The first kappa shape index (κ1) is 16.0. The summed E-state index contributed by atoms with van der Waals surface area (Å²) in [7, 11) is 0. The fourth-order valence-corrected chi connectivity index (χ4v) is 2.84. The standard InChI is InChI=1S/C18H21BrN4/c1-2-20-18(22-12-15-5-3-4-10-21-15)23-17-11-16(17)13-6-8-14(19)9-7-13/h3-10,16-17H,2,11-12H2,1H3,(H2,20,22,23). The molecule has 2 atom stereocenters. The van der Waals surface area contributed by atoms with Gasteiger partial charge in [-0.1, -0.05) is 34.1 Å². The van der Waals surface area contributed by atoms with Gasteiger partial charge in [0.25, 0.3) is 0 Å². The van der Waals surface area contributed by atoms with Crippen LogP contribution in [0.15, 0.2) is 58.1 Å². The zero-order chi connectivity index (χ0) is 16.1. The number of halogens is 1. The van der Waals surface area contributed by atoms with Crippen molar-refractivity contribution in [3.63, 3.8) is 0 Å². The molecule has 0 bridgehead atoms. The average molecular weight is 373 g/mol. The SMILES string of the molecule is CCNC(=NCc1ccccn1)NC1CC1c1ccc(Br)cc1. The molecule has 1 heterocycles. The molecule has 2 N–H and O–H groups in total. The maximum Gasteiger partial charge on any atom is 0.191 e. The third-order valence-corrected chi connectivity index (χ3v) is 4.41. The van der Waals surface area contributed by atoms with Gasteiger partial charge in [-0.2, -0.15) is 0 Å². The molecule has 1 aromatic carbocycles. The van der Waals surface area contributed by atoms with Crippen molar-refractivity contribution in [1.29, 1.82) is 0 Å². The number of nitrogens with zero attached hydrogens (tertiary/aromatic N) is 2. The van der Waals surface area contributed by atoms with E-state index in [2.05, 4.69) is 67.7 Å². The first-order valence-corrected chi connectivity index (χ1v) is 8.76. The molecular formula is C18H21BrN4. The molecule has 1 saturated carbocycles. The topological polar surface area (TPSA) is 49.3 Å². The maximum absolute atomic E-state index is 4.63. The fourth-order valence-electron chi connectivity index (χ4n) is 2.58. The molecule has 2 aromatic rings. The van der Waals surface area contributed by atoms with Crippen molar-refractivity contribution in [3.05, 3.63) is 64.4 Å². The summed E-state index contributed by atoms with van der Waals surface area (Å²) in [6, 6.07) is 14.9. The van der Waals surface area contributed by atoms with E-state index in [-0.39, 0.29) is 0 Å². The van der Waals surface area contributed by atoms with Gasteiger partial charge in [0.1, 0.15) is 0 Å². The van der Waals surface area contributed by atoms with E-state index in [9.17, 15) is 0 Å². The predicted octanol–water partition coefficient (Wildman–Crippen LogP) is 3.46. The molecule has 0 saturated heterocycles. The molecule has 1 fully saturated rings. The Hall–Kier alpha value is -1.88. The van der Waals surface area contributed by atoms with Gasteiger partial charge in [0.05, 0.1) is 12.2 Å². The van der Waals surface area contributed by atoms with Gasteiger partial charge in [-0.05, 0) is 43.2 Å². The molecule has 0 aliphatic heterocycles. The second kappa shape index (κ2) is 7.59. The van der Waals surface area contributed by atoms with Crippen LogP contribution in [-0.2, 0) is 6.54 Å². The van der Waals surface area contributed by atoms with E-state index < -0.39 is 0 Å². The number of aromatic nitrogens is 1. The number of aliphatic imine (C=N–C) groups is 1. The van der Waals surface area contributed by atoms with Crippen LogP contribution in [0.1, 0.15) is 30.5 Å². The lowest BCUT2D eigenvalue weighted by Crippen LogP contribution is -2.39. The Bertz CT molecular complexity index is 654. The van der Waals surface area contributed by atoms with Gasteiger partial charge in [0.2, 0.25) is 0 Å². The molecule has 0 radical (unpaired) electrons. The van der Waals surface area contributed by atoms with Crippen LogP contribution in [0.5, 0.6) is 0 Å². The van der Waals surface area contributed by atoms with Crippen LogP contribution >= 0.6 is 15.9 Å². The summed E-state index contributed by atoms with van der Waals surface area (Å²) in [5, 5.41) is 6.83. The summed E-state index contributed by atoms with van der Waals surface area (Å²) >= 11 is 3.48. The number of nitrogens with one attached hydrogen (secondary N) is 2. The first-order chi connectivity index (χ1) is 11.3. The molecular weight excluding hydrogens is 352 g/mol. The van der Waals surface area contributed by atoms with Crippen LogP contribution in [0.3, 0.4) is 0 Å². The molecule has 0 amide bonds. The van der Waals surface area contributed by atoms with Crippen LogP contribution in [-0.4, -0.2) is 23.5 Å². The van der Waals surface area contributed by atoms with E-state index in [4.69, 9.17) is 0 Å². The minimum Gasteiger partial charge on any atom is -0.357 e. The van der Waals surface area contributed by atoms with Crippen molar-refractivity contribution in [1.82, 2.24) is 15.6 Å². The smallest absolute Gasteiger partial charge is 0.191 e. The summed E-state index contributed by atoms with van der Waals surface area (Å²) in [6.07, 6.45) is 2.95. The van der Waals surface area contributed by atoms with Crippen molar-refractivity contribution in [2.45, 2.75) is 31.8 Å². The average Bonchev–Trinajstić information content (AvgIpc) is 3.34. The monoisotopic (exact) mass is 372 g/mol. The van der Waals surface area contributed by atoms with Crippen LogP contribution in [0.4, 0.5) is 0 Å². The highest BCUT2D eigenvalue weighted by Crippen LogP contribution is 2.40. The van der Waals surface area contributed by atoms with Crippen molar-refractivity contribution >= 4 is 21.9 Å². The molecule has 5 heteroatoms. The molecule has 1 aliphatic rings. The molecule has 23 heavy (non-hydrogen) atoms. The Morgan fingerprint density at radius 3 is 2.78 bits per heavy atom. The highest BCUT2D eigenvalue weighted by molar-refractivity contribution is 9.10. The minimum atomic E-state index is 0.456. The molecule has 3 rings (SSSR count). The number of hydrogen-bond donors (Lipinski definition) is 2.